The lowest BCUT2D eigenvalue weighted by Crippen LogP contribution is -2.26. The minimum absolute atomic E-state index is 0.307. The molecule has 0 rings (SSSR count). The van der Waals surface area contributed by atoms with E-state index in [9.17, 15) is 4.79 Å². The first kappa shape index (κ1) is 13.6. The largest absolute Gasteiger partial charge is 0.453 e. The molecule has 0 saturated carbocycles. The van der Waals surface area contributed by atoms with Gasteiger partial charge in [-0.25, -0.2) is 4.79 Å². The van der Waals surface area contributed by atoms with Crippen LogP contribution in [0.4, 0.5) is 4.79 Å². The Bertz CT molecular complexity index is 132. The Kier molecular flexibility index (Phi) is 11.3. The van der Waals surface area contributed by atoms with Gasteiger partial charge in [-0.2, -0.15) is 0 Å². The van der Waals surface area contributed by atoms with Gasteiger partial charge in [-0.3, -0.25) is 0 Å². The molecule has 0 radical (unpaired) electrons. The zero-order chi connectivity index (χ0) is 9.98. The summed E-state index contributed by atoms with van der Waals surface area (Å²) in [7, 11) is 3.06. The van der Waals surface area contributed by atoms with Crippen molar-refractivity contribution in [3.8, 4) is 0 Å². The number of amides is 1. The van der Waals surface area contributed by atoms with Crippen molar-refractivity contribution in [3.63, 3.8) is 0 Å². The van der Waals surface area contributed by atoms with E-state index in [4.69, 9.17) is 0 Å². The molecular weight excluding hydrogens is 154 g/mol. The number of likely N-dealkylation sites (N-methyl/N-ethyl adjacent to an activating group) is 1. The molecule has 1 amide bonds. The molecule has 0 aliphatic carbocycles. The minimum Gasteiger partial charge on any atom is -0.453 e. The molecule has 12 heavy (non-hydrogen) atoms. The van der Waals surface area contributed by atoms with E-state index in [0.717, 1.165) is 0 Å². The van der Waals surface area contributed by atoms with Gasteiger partial charge >= 0.3 is 6.09 Å². The number of methoxy groups -OCH3 is 1. The fourth-order valence-electron chi connectivity index (χ4n) is 0.494. The van der Waals surface area contributed by atoms with E-state index in [0.29, 0.717) is 6.54 Å². The highest BCUT2D eigenvalue weighted by atomic mass is 16.5. The summed E-state index contributed by atoms with van der Waals surface area (Å²) >= 11 is 0. The molecule has 0 aromatic heterocycles. The van der Waals surface area contributed by atoms with Crippen LogP contribution in [0.25, 0.3) is 0 Å². The van der Waals surface area contributed by atoms with Gasteiger partial charge in [-0.05, 0) is 6.92 Å². The summed E-state index contributed by atoms with van der Waals surface area (Å²) in [6, 6.07) is 0. The monoisotopic (exact) mass is 173 g/mol. The second-order valence-corrected chi connectivity index (χ2v) is 1.92. The second-order valence-electron chi connectivity index (χ2n) is 1.92. The SMILES string of the molecule is C/C=C\CN(C)C(=O)OC.CC. The van der Waals surface area contributed by atoms with Crippen LogP contribution in [0.15, 0.2) is 12.2 Å². The highest BCUT2D eigenvalue weighted by Gasteiger charge is 2.03. The van der Waals surface area contributed by atoms with E-state index in [2.05, 4.69) is 4.74 Å². The third-order valence-electron chi connectivity index (χ3n) is 1.10. The van der Waals surface area contributed by atoms with Crippen LogP contribution in [-0.4, -0.2) is 31.7 Å². The Labute approximate surface area is 75.0 Å². The van der Waals surface area contributed by atoms with Crippen LogP contribution in [0.5, 0.6) is 0 Å². The summed E-state index contributed by atoms with van der Waals surface area (Å²) in [6.45, 7) is 6.51. The quantitative estimate of drug-likeness (QED) is 0.599. The summed E-state index contributed by atoms with van der Waals surface area (Å²) in [5.41, 5.74) is 0. The molecule has 0 aliphatic heterocycles. The first-order valence-electron chi connectivity index (χ1n) is 4.12. The highest BCUT2D eigenvalue weighted by molar-refractivity contribution is 5.67. The van der Waals surface area contributed by atoms with Crippen molar-refractivity contribution < 1.29 is 9.53 Å². The molecule has 0 aromatic rings. The van der Waals surface area contributed by atoms with E-state index >= 15 is 0 Å². The van der Waals surface area contributed by atoms with E-state index in [1.54, 1.807) is 7.05 Å². The summed E-state index contributed by atoms with van der Waals surface area (Å²) in [5.74, 6) is 0. The van der Waals surface area contributed by atoms with E-state index < -0.39 is 0 Å². The zero-order valence-corrected chi connectivity index (χ0v) is 8.63. The summed E-state index contributed by atoms with van der Waals surface area (Å²) in [5, 5.41) is 0. The molecule has 72 valence electrons. The molecule has 0 fully saturated rings. The number of rotatable bonds is 2. The van der Waals surface area contributed by atoms with Crippen LogP contribution in [0.2, 0.25) is 0 Å². The van der Waals surface area contributed by atoms with Crippen molar-refractivity contribution in [3.05, 3.63) is 12.2 Å². The van der Waals surface area contributed by atoms with Crippen molar-refractivity contribution in [2.45, 2.75) is 20.8 Å². The van der Waals surface area contributed by atoms with Gasteiger partial charge in [0.25, 0.3) is 0 Å². The minimum atomic E-state index is -0.307. The fraction of sp³-hybridized carbons (Fsp3) is 0.667. The Morgan fingerprint density at radius 2 is 2.00 bits per heavy atom. The maximum absolute atomic E-state index is 10.7. The van der Waals surface area contributed by atoms with Gasteiger partial charge < -0.3 is 9.64 Å². The maximum atomic E-state index is 10.7. The van der Waals surface area contributed by atoms with E-state index in [1.165, 1.54) is 12.0 Å². The smallest absolute Gasteiger partial charge is 0.409 e. The molecule has 3 nitrogen and oxygen atoms in total. The van der Waals surface area contributed by atoms with Crippen LogP contribution in [-0.2, 0) is 4.74 Å². The summed E-state index contributed by atoms with van der Waals surface area (Å²) < 4.78 is 4.46. The fourth-order valence-corrected chi connectivity index (χ4v) is 0.494. The van der Waals surface area contributed by atoms with Gasteiger partial charge in [-0.1, -0.05) is 26.0 Å². The normalized spacial score (nSPS) is 8.75. The lowest BCUT2D eigenvalue weighted by Gasteiger charge is -2.11. The summed E-state index contributed by atoms with van der Waals surface area (Å²) in [6.07, 6.45) is 3.47. The van der Waals surface area contributed by atoms with Crippen molar-refractivity contribution in [2.75, 3.05) is 20.7 Å². The average molecular weight is 173 g/mol. The number of carbonyl (C=O) groups is 1. The molecule has 0 saturated heterocycles. The Morgan fingerprint density at radius 3 is 2.33 bits per heavy atom. The average Bonchev–Trinajstić information content (AvgIpc) is 2.16. The standard InChI is InChI=1S/C7H13NO2.C2H6/c1-4-5-6-8(2)7(9)10-3;1-2/h4-5H,6H2,1-3H3;1-2H3/b5-4-;. The van der Waals surface area contributed by atoms with Crippen molar-refractivity contribution in [2.24, 2.45) is 0 Å². The van der Waals surface area contributed by atoms with Crippen LogP contribution >= 0.6 is 0 Å². The van der Waals surface area contributed by atoms with Gasteiger partial charge in [0, 0.05) is 13.6 Å². The molecule has 0 aromatic carbocycles. The molecule has 0 spiro atoms. The molecule has 0 N–H and O–H groups in total. The third-order valence-corrected chi connectivity index (χ3v) is 1.10. The number of hydrogen-bond donors (Lipinski definition) is 0. The van der Waals surface area contributed by atoms with Gasteiger partial charge in [0.1, 0.15) is 0 Å². The van der Waals surface area contributed by atoms with E-state index in [-0.39, 0.29) is 6.09 Å². The number of carbonyl (C=O) groups excluding carboxylic acids is 1. The van der Waals surface area contributed by atoms with Crippen LogP contribution < -0.4 is 0 Å². The second kappa shape index (κ2) is 10.0. The van der Waals surface area contributed by atoms with Crippen LogP contribution in [0.3, 0.4) is 0 Å². The van der Waals surface area contributed by atoms with Gasteiger partial charge in [0.15, 0.2) is 0 Å². The number of hydrogen-bond acceptors (Lipinski definition) is 2. The molecule has 0 heterocycles. The number of allylic oxidation sites excluding steroid dienone is 1. The topological polar surface area (TPSA) is 29.5 Å². The van der Waals surface area contributed by atoms with Crippen LogP contribution in [0, 0.1) is 0 Å². The molecular formula is C9H19NO2. The lowest BCUT2D eigenvalue weighted by atomic mass is 10.5. The molecule has 0 bridgehead atoms. The van der Waals surface area contributed by atoms with E-state index in [1.807, 2.05) is 32.9 Å². The van der Waals surface area contributed by atoms with Crippen LogP contribution in [0.1, 0.15) is 20.8 Å². The molecule has 0 aliphatic rings. The Hall–Kier alpha value is -0.990. The lowest BCUT2D eigenvalue weighted by molar-refractivity contribution is 0.137. The van der Waals surface area contributed by atoms with Gasteiger partial charge in [0.2, 0.25) is 0 Å². The Balaban J connectivity index is 0. The molecule has 3 heteroatoms. The maximum Gasteiger partial charge on any atom is 0.409 e. The summed E-state index contributed by atoms with van der Waals surface area (Å²) in [4.78, 5) is 12.2. The first-order valence-corrected chi connectivity index (χ1v) is 4.12. The highest BCUT2D eigenvalue weighted by Crippen LogP contribution is 1.87. The van der Waals surface area contributed by atoms with Crippen molar-refractivity contribution in [1.82, 2.24) is 4.90 Å². The Morgan fingerprint density at radius 1 is 1.50 bits per heavy atom. The number of ether oxygens (including phenoxy) is 1. The first-order chi connectivity index (χ1) is 5.72. The van der Waals surface area contributed by atoms with Gasteiger partial charge in [-0.15, -0.1) is 0 Å². The van der Waals surface area contributed by atoms with Crippen molar-refractivity contribution >= 4 is 6.09 Å². The number of nitrogens with zero attached hydrogens (tertiary/aromatic N) is 1. The van der Waals surface area contributed by atoms with Gasteiger partial charge in [0.05, 0.1) is 7.11 Å². The van der Waals surface area contributed by atoms with Crippen molar-refractivity contribution in [1.29, 1.82) is 0 Å². The molecule has 0 unspecified atom stereocenters. The third kappa shape index (κ3) is 7.12. The predicted octanol–water partition coefficient (Wildman–Crippen LogP) is 2.29. The molecule has 0 atom stereocenters. The predicted molar refractivity (Wildman–Crippen MR) is 51.2 cm³/mol. The zero-order valence-electron chi connectivity index (χ0n) is 8.63.